The number of carbonyl (C=O) groups is 1. The van der Waals surface area contributed by atoms with E-state index in [4.69, 9.17) is 23.2 Å². The van der Waals surface area contributed by atoms with E-state index < -0.39 is 0 Å². The predicted molar refractivity (Wildman–Crippen MR) is 126 cm³/mol. The van der Waals surface area contributed by atoms with Gasteiger partial charge in [-0.1, -0.05) is 29.3 Å². The number of aromatic nitrogens is 2. The first-order chi connectivity index (χ1) is 13.9. The number of hydrogen-bond donors (Lipinski definition) is 3. The number of urea groups is 1. The van der Waals surface area contributed by atoms with Gasteiger partial charge in [-0.05, 0) is 49.8 Å². The maximum absolute atomic E-state index is 12.2. The fraction of sp³-hybridized carbons (Fsp3) is 0.450. The van der Waals surface area contributed by atoms with E-state index in [-0.39, 0.29) is 18.4 Å². The highest BCUT2D eigenvalue weighted by molar-refractivity contribution is 6.43. The minimum Gasteiger partial charge on any atom is -0.363 e. The summed E-state index contributed by atoms with van der Waals surface area (Å²) in [6.45, 7) is 0.628. The van der Waals surface area contributed by atoms with Gasteiger partial charge in [-0.25, -0.2) is 9.78 Å². The third-order valence-electron chi connectivity index (χ3n) is 5.03. The van der Waals surface area contributed by atoms with E-state index in [1.165, 1.54) is 0 Å². The van der Waals surface area contributed by atoms with Crippen LogP contribution < -0.4 is 20.9 Å². The first kappa shape index (κ1) is 24.3. The van der Waals surface area contributed by atoms with Crippen LogP contribution in [-0.4, -0.2) is 42.7 Å². The predicted octanol–water partition coefficient (Wildman–Crippen LogP) is 5.06. The summed E-state index contributed by atoms with van der Waals surface area (Å²) < 4.78 is 0. The van der Waals surface area contributed by atoms with Crippen LogP contribution in [0.25, 0.3) is 0 Å². The van der Waals surface area contributed by atoms with Crippen LogP contribution in [0.15, 0.2) is 30.5 Å². The van der Waals surface area contributed by atoms with E-state index in [1.807, 2.05) is 25.1 Å². The van der Waals surface area contributed by atoms with E-state index in [0.717, 1.165) is 31.5 Å². The van der Waals surface area contributed by atoms with Crippen LogP contribution in [0, 0.1) is 5.92 Å². The van der Waals surface area contributed by atoms with Crippen LogP contribution in [0.4, 0.5) is 22.2 Å². The standard InChI is InChI=1S/C20H26Cl2N6O.ClH/c1-28(2)17-10-11-23-19(27-17)25-14-8-6-13(7-9-14)12-24-20(29)26-16-5-3-4-15(21)18(16)22;/h3-5,10-11,13-14H,6-9,12H2,1-2H3,(H,23,25,27)(H2,24,26,29);1H. The Bertz CT molecular complexity index is 843. The highest BCUT2D eigenvalue weighted by Gasteiger charge is 2.22. The van der Waals surface area contributed by atoms with Crippen molar-refractivity contribution in [1.82, 2.24) is 15.3 Å². The Balaban J connectivity index is 0.00000320. The minimum atomic E-state index is -0.275. The van der Waals surface area contributed by atoms with Crippen molar-refractivity contribution in [2.75, 3.05) is 36.2 Å². The molecule has 0 saturated heterocycles. The number of amides is 2. The number of carbonyl (C=O) groups excluding carboxylic acids is 1. The summed E-state index contributed by atoms with van der Waals surface area (Å²) in [6, 6.07) is 7.11. The van der Waals surface area contributed by atoms with Crippen LogP contribution in [0.2, 0.25) is 10.0 Å². The van der Waals surface area contributed by atoms with Crippen molar-refractivity contribution >= 4 is 59.1 Å². The third kappa shape index (κ3) is 6.79. The largest absolute Gasteiger partial charge is 0.363 e. The number of nitrogens with one attached hydrogen (secondary N) is 3. The zero-order valence-corrected chi connectivity index (χ0v) is 19.3. The highest BCUT2D eigenvalue weighted by Crippen LogP contribution is 2.29. The fourth-order valence-corrected chi connectivity index (χ4v) is 3.71. The van der Waals surface area contributed by atoms with Crippen LogP contribution >= 0.6 is 35.6 Å². The van der Waals surface area contributed by atoms with Crippen molar-refractivity contribution in [3.05, 3.63) is 40.5 Å². The Morgan fingerprint density at radius 1 is 1.17 bits per heavy atom. The van der Waals surface area contributed by atoms with Crippen molar-refractivity contribution in [1.29, 1.82) is 0 Å². The average Bonchev–Trinajstić information content (AvgIpc) is 2.71. The Labute approximate surface area is 193 Å². The Morgan fingerprint density at radius 3 is 2.60 bits per heavy atom. The van der Waals surface area contributed by atoms with Gasteiger partial charge in [-0.15, -0.1) is 12.4 Å². The van der Waals surface area contributed by atoms with Gasteiger partial charge in [0.2, 0.25) is 5.95 Å². The normalized spacial score (nSPS) is 18.1. The molecule has 3 N–H and O–H groups in total. The lowest BCUT2D eigenvalue weighted by Crippen LogP contribution is -2.36. The monoisotopic (exact) mass is 472 g/mol. The summed E-state index contributed by atoms with van der Waals surface area (Å²) in [6.07, 6.45) is 5.87. The summed E-state index contributed by atoms with van der Waals surface area (Å²) in [5, 5.41) is 9.86. The Hall–Kier alpha value is -1.96. The number of benzene rings is 1. The molecule has 1 fully saturated rings. The van der Waals surface area contributed by atoms with Gasteiger partial charge in [-0.3, -0.25) is 0 Å². The number of anilines is 3. The van der Waals surface area contributed by atoms with Crippen molar-refractivity contribution in [3.8, 4) is 0 Å². The number of rotatable bonds is 6. The molecule has 10 heteroatoms. The molecule has 0 unspecified atom stereocenters. The second-order valence-electron chi connectivity index (χ2n) is 7.43. The molecule has 0 spiro atoms. The van der Waals surface area contributed by atoms with Gasteiger partial charge in [0.1, 0.15) is 5.82 Å². The van der Waals surface area contributed by atoms with Gasteiger partial charge in [0.15, 0.2) is 0 Å². The summed E-state index contributed by atoms with van der Waals surface area (Å²) in [4.78, 5) is 22.9. The summed E-state index contributed by atoms with van der Waals surface area (Å²) in [7, 11) is 3.92. The zero-order valence-electron chi connectivity index (χ0n) is 17.0. The Kier molecular flexibility index (Phi) is 9.27. The lowest BCUT2D eigenvalue weighted by atomic mass is 9.86. The molecule has 0 bridgehead atoms. The first-order valence-corrected chi connectivity index (χ1v) is 10.4. The summed E-state index contributed by atoms with van der Waals surface area (Å²) >= 11 is 12.1. The van der Waals surface area contributed by atoms with Crippen molar-refractivity contribution in [2.45, 2.75) is 31.7 Å². The second kappa shape index (κ2) is 11.4. The second-order valence-corrected chi connectivity index (χ2v) is 8.22. The minimum absolute atomic E-state index is 0. The van der Waals surface area contributed by atoms with Crippen LogP contribution in [0.3, 0.4) is 0 Å². The SMILES string of the molecule is CN(C)c1ccnc(NC2CCC(CNC(=O)Nc3cccc(Cl)c3Cl)CC2)n1.Cl. The molecule has 1 aromatic heterocycles. The molecule has 3 rings (SSSR count). The molecular formula is C20H27Cl3N6O. The van der Waals surface area contributed by atoms with Crippen LogP contribution in [0.1, 0.15) is 25.7 Å². The zero-order chi connectivity index (χ0) is 20.8. The summed E-state index contributed by atoms with van der Waals surface area (Å²) in [5.41, 5.74) is 0.504. The smallest absolute Gasteiger partial charge is 0.319 e. The van der Waals surface area contributed by atoms with E-state index in [1.54, 1.807) is 24.4 Å². The third-order valence-corrected chi connectivity index (χ3v) is 5.85. The lowest BCUT2D eigenvalue weighted by Gasteiger charge is -2.29. The molecule has 0 aliphatic heterocycles. The van der Waals surface area contributed by atoms with Gasteiger partial charge in [0, 0.05) is 32.9 Å². The Morgan fingerprint density at radius 2 is 1.90 bits per heavy atom. The molecule has 1 aliphatic carbocycles. The van der Waals surface area contributed by atoms with Gasteiger partial charge in [0.05, 0.1) is 15.7 Å². The van der Waals surface area contributed by atoms with Crippen molar-refractivity contribution in [2.24, 2.45) is 5.92 Å². The molecule has 1 heterocycles. The van der Waals surface area contributed by atoms with Gasteiger partial charge in [-0.2, -0.15) is 4.98 Å². The molecule has 164 valence electrons. The van der Waals surface area contributed by atoms with Crippen LogP contribution in [0.5, 0.6) is 0 Å². The molecule has 1 saturated carbocycles. The average molecular weight is 474 g/mol. The quantitative estimate of drug-likeness (QED) is 0.546. The lowest BCUT2D eigenvalue weighted by molar-refractivity contribution is 0.246. The number of nitrogens with zero attached hydrogens (tertiary/aromatic N) is 3. The molecule has 7 nitrogen and oxygen atoms in total. The molecule has 2 amide bonds. The summed E-state index contributed by atoms with van der Waals surface area (Å²) in [5.74, 6) is 1.99. The van der Waals surface area contributed by atoms with Gasteiger partial charge in [0.25, 0.3) is 0 Å². The highest BCUT2D eigenvalue weighted by atomic mass is 35.5. The molecular weight excluding hydrogens is 447 g/mol. The topological polar surface area (TPSA) is 82.2 Å². The first-order valence-electron chi connectivity index (χ1n) is 9.68. The molecule has 0 atom stereocenters. The van der Waals surface area contributed by atoms with E-state index in [0.29, 0.717) is 40.2 Å². The van der Waals surface area contributed by atoms with Crippen molar-refractivity contribution < 1.29 is 4.79 Å². The maximum atomic E-state index is 12.2. The molecule has 1 aromatic carbocycles. The fourth-order valence-electron chi connectivity index (χ4n) is 3.37. The van der Waals surface area contributed by atoms with Crippen molar-refractivity contribution in [3.63, 3.8) is 0 Å². The number of hydrogen-bond acceptors (Lipinski definition) is 5. The van der Waals surface area contributed by atoms with E-state index in [9.17, 15) is 4.79 Å². The van der Waals surface area contributed by atoms with Gasteiger partial charge < -0.3 is 20.9 Å². The molecule has 30 heavy (non-hydrogen) atoms. The van der Waals surface area contributed by atoms with Gasteiger partial charge >= 0.3 is 6.03 Å². The van der Waals surface area contributed by atoms with E-state index >= 15 is 0 Å². The number of halogens is 3. The van der Waals surface area contributed by atoms with E-state index in [2.05, 4.69) is 25.9 Å². The molecule has 1 aliphatic rings. The maximum Gasteiger partial charge on any atom is 0.319 e. The molecule has 0 radical (unpaired) electrons. The van der Waals surface area contributed by atoms with Crippen LogP contribution in [-0.2, 0) is 0 Å². The molecule has 2 aromatic rings.